The second-order valence-corrected chi connectivity index (χ2v) is 3.86. The summed E-state index contributed by atoms with van der Waals surface area (Å²) in [6.07, 6.45) is 3.04. The molecule has 0 saturated carbocycles. The molecule has 0 heterocycles. The minimum Gasteiger partial charge on any atom is -0.465 e. The Hall–Kier alpha value is -1.05. The van der Waals surface area contributed by atoms with E-state index >= 15 is 0 Å². The zero-order chi connectivity index (χ0) is 11.1. The van der Waals surface area contributed by atoms with Gasteiger partial charge < -0.3 is 4.74 Å². The lowest BCUT2D eigenvalue weighted by Gasteiger charge is -2.14. The van der Waals surface area contributed by atoms with Crippen molar-refractivity contribution >= 4 is 5.97 Å². The van der Waals surface area contributed by atoms with E-state index in [4.69, 9.17) is 4.74 Å². The lowest BCUT2D eigenvalue weighted by molar-refractivity contribution is -0.141. The lowest BCUT2D eigenvalue weighted by Crippen LogP contribution is -2.12. The Labute approximate surface area is 86.6 Å². The van der Waals surface area contributed by atoms with Gasteiger partial charge in [0, 0.05) is 12.8 Å². The molecule has 0 amide bonds. The third-order valence-electron chi connectivity index (χ3n) is 2.00. The van der Waals surface area contributed by atoms with Crippen LogP contribution in [-0.2, 0) is 9.53 Å². The molecule has 0 aliphatic carbocycles. The summed E-state index contributed by atoms with van der Waals surface area (Å²) >= 11 is 0. The molecule has 0 bridgehead atoms. The Bertz CT molecular complexity index is 235. The zero-order valence-corrected chi connectivity index (χ0v) is 9.59. The largest absolute Gasteiger partial charge is 0.465 e. The first-order valence-electron chi connectivity index (χ1n) is 4.85. The fraction of sp³-hybridized carbons (Fsp3) is 0.583. The predicted molar refractivity (Wildman–Crippen MR) is 59.0 cm³/mol. The number of carbonyl (C=O) groups is 1. The van der Waals surface area contributed by atoms with Crippen molar-refractivity contribution in [3.8, 4) is 0 Å². The van der Waals surface area contributed by atoms with E-state index in [1.165, 1.54) is 12.5 Å². The first kappa shape index (κ1) is 12.9. The third kappa shape index (κ3) is 6.46. The summed E-state index contributed by atoms with van der Waals surface area (Å²) in [4.78, 5) is 10.6. The van der Waals surface area contributed by atoms with Gasteiger partial charge in [-0.2, -0.15) is 0 Å². The molecule has 0 fully saturated rings. The van der Waals surface area contributed by atoms with Gasteiger partial charge in [0.25, 0.3) is 0 Å². The van der Waals surface area contributed by atoms with E-state index < -0.39 is 0 Å². The molecule has 0 N–H and O–H groups in total. The first-order valence-corrected chi connectivity index (χ1v) is 4.85. The maximum Gasteiger partial charge on any atom is 0.302 e. The van der Waals surface area contributed by atoms with E-state index in [1.807, 2.05) is 6.92 Å². The average molecular weight is 196 g/mol. The number of ether oxygens (including phenoxy) is 1. The maximum atomic E-state index is 10.6. The van der Waals surface area contributed by atoms with Crippen LogP contribution in [-0.4, -0.2) is 12.6 Å². The fourth-order valence-corrected chi connectivity index (χ4v) is 1.01. The predicted octanol–water partition coefficient (Wildman–Crippen LogP) is 3.10. The molecule has 0 aliphatic rings. The molecule has 0 aromatic rings. The van der Waals surface area contributed by atoms with Crippen LogP contribution in [0.3, 0.4) is 0 Å². The van der Waals surface area contributed by atoms with Gasteiger partial charge in [0.1, 0.15) is 0 Å². The summed E-state index contributed by atoms with van der Waals surface area (Å²) in [5, 5.41) is 0. The number of carbonyl (C=O) groups excluding carboxylic acids is 1. The van der Waals surface area contributed by atoms with Crippen molar-refractivity contribution in [3.63, 3.8) is 0 Å². The van der Waals surface area contributed by atoms with Crippen molar-refractivity contribution in [1.29, 1.82) is 0 Å². The average Bonchev–Trinajstić information content (AvgIpc) is 2.02. The van der Waals surface area contributed by atoms with Crippen molar-refractivity contribution in [2.45, 2.75) is 34.1 Å². The Morgan fingerprint density at radius 2 is 1.93 bits per heavy atom. The van der Waals surface area contributed by atoms with Gasteiger partial charge in [0.2, 0.25) is 0 Å². The molecule has 0 spiro atoms. The number of esters is 1. The molecule has 2 heteroatoms. The molecule has 0 unspecified atom stereocenters. The number of hydrogen-bond acceptors (Lipinski definition) is 2. The number of rotatable bonds is 5. The second-order valence-electron chi connectivity index (χ2n) is 3.86. The van der Waals surface area contributed by atoms with Crippen LogP contribution in [0, 0.1) is 5.92 Å². The van der Waals surface area contributed by atoms with Gasteiger partial charge in [-0.05, 0) is 27.2 Å². The SMILES string of the molecule is C=C(C)[C@H](CC=C(C)C)COC(C)=O. The van der Waals surface area contributed by atoms with Crippen LogP contribution in [0.5, 0.6) is 0 Å². The molecule has 0 radical (unpaired) electrons. The summed E-state index contributed by atoms with van der Waals surface area (Å²) < 4.78 is 4.97. The molecule has 2 nitrogen and oxygen atoms in total. The second kappa shape index (κ2) is 6.41. The van der Waals surface area contributed by atoms with Crippen LogP contribution in [0.15, 0.2) is 23.8 Å². The van der Waals surface area contributed by atoms with Gasteiger partial charge in [0.05, 0.1) is 6.61 Å². The highest BCUT2D eigenvalue weighted by Gasteiger charge is 2.09. The molecule has 0 saturated heterocycles. The Balaban J connectivity index is 4.10. The lowest BCUT2D eigenvalue weighted by atomic mass is 9.98. The molecule has 0 aromatic heterocycles. The van der Waals surface area contributed by atoms with E-state index in [0.717, 1.165) is 12.0 Å². The van der Waals surface area contributed by atoms with E-state index in [0.29, 0.717) is 6.61 Å². The van der Waals surface area contributed by atoms with Crippen molar-refractivity contribution in [3.05, 3.63) is 23.8 Å². The number of allylic oxidation sites excluding steroid dienone is 2. The molecule has 0 aromatic carbocycles. The molecule has 14 heavy (non-hydrogen) atoms. The highest BCUT2D eigenvalue weighted by atomic mass is 16.5. The first-order chi connectivity index (χ1) is 6.43. The molecule has 0 aliphatic heterocycles. The standard InChI is InChI=1S/C12H20O2/c1-9(2)6-7-12(10(3)4)8-14-11(5)13/h6,12H,3,7-8H2,1-2,4-5H3/t12-/m1/s1. The highest BCUT2D eigenvalue weighted by Crippen LogP contribution is 2.15. The Morgan fingerprint density at radius 3 is 2.29 bits per heavy atom. The van der Waals surface area contributed by atoms with Crippen LogP contribution in [0.2, 0.25) is 0 Å². The van der Waals surface area contributed by atoms with Crippen molar-refractivity contribution in [2.24, 2.45) is 5.92 Å². The van der Waals surface area contributed by atoms with E-state index in [-0.39, 0.29) is 11.9 Å². The maximum absolute atomic E-state index is 10.6. The van der Waals surface area contributed by atoms with Crippen LogP contribution in [0.25, 0.3) is 0 Å². The summed E-state index contributed by atoms with van der Waals surface area (Å²) in [6, 6.07) is 0. The molecular formula is C12H20O2. The summed E-state index contributed by atoms with van der Waals surface area (Å²) in [6.45, 7) is 11.8. The van der Waals surface area contributed by atoms with Gasteiger partial charge in [-0.25, -0.2) is 0 Å². The van der Waals surface area contributed by atoms with E-state index in [2.05, 4.69) is 26.5 Å². The van der Waals surface area contributed by atoms with Crippen LogP contribution in [0.1, 0.15) is 34.1 Å². The molecule has 0 rings (SSSR count). The normalized spacial score (nSPS) is 11.7. The van der Waals surface area contributed by atoms with Crippen molar-refractivity contribution in [2.75, 3.05) is 6.61 Å². The smallest absolute Gasteiger partial charge is 0.302 e. The van der Waals surface area contributed by atoms with Gasteiger partial charge in [-0.1, -0.05) is 23.8 Å². The molecular weight excluding hydrogens is 176 g/mol. The summed E-state index contributed by atoms with van der Waals surface area (Å²) in [5.41, 5.74) is 2.34. The Morgan fingerprint density at radius 1 is 1.36 bits per heavy atom. The fourth-order valence-electron chi connectivity index (χ4n) is 1.01. The zero-order valence-electron chi connectivity index (χ0n) is 9.59. The molecule has 1 atom stereocenters. The van der Waals surface area contributed by atoms with Gasteiger partial charge in [-0.3, -0.25) is 4.79 Å². The van der Waals surface area contributed by atoms with Crippen LogP contribution in [0.4, 0.5) is 0 Å². The summed E-state index contributed by atoms with van der Waals surface area (Å²) in [5.74, 6) is 0.0160. The summed E-state index contributed by atoms with van der Waals surface area (Å²) in [7, 11) is 0. The highest BCUT2D eigenvalue weighted by molar-refractivity contribution is 5.65. The monoisotopic (exact) mass is 196 g/mol. The molecule has 80 valence electrons. The van der Waals surface area contributed by atoms with E-state index in [1.54, 1.807) is 0 Å². The van der Waals surface area contributed by atoms with Crippen LogP contribution < -0.4 is 0 Å². The van der Waals surface area contributed by atoms with Crippen LogP contribution >= 0.6 is 0 Å². The van der Waals surface area contributed by atoms with Crippen molar-refractivity contribution in [1.82, 2.24) is 0 Å². The van der Waals surface area contributed by atoms with Gasteiger partial charge in [0.15, 0.2) is 0 Å². The van der Waals surface area contributed by atoms with Gasteiger partial charge in [-0.15, -0.1) is 0 Å². The Kier molecular flexibility index (Phi) is 5.93. The third-order valence-corrected chi connectivity index (χ3v) is 2.00. The van der Waals surface area contributed by atoms with Gasteiger partial charge >= 0.3 is 5.97 Å². The quantitative estimate of drug-likeness (QED) is 0.499. The number of hydrogen-bond donors (Lipinski definition) is 0. The van der Waals surface area contributed by atoms with E-state index in [9.17, 15) is 4.79 Å². The minimum atomic E-state index is -0.228. The topological polar surface area (TPSA) is 26.3 Å². The minimum absolute atomic E-state index is 0.228. The van der Waals surface area contributed by atoms with Crippen molar-refractivity contribution < 1.29 is 9.53 Å².